The first-order valence-corrected chi connectivity index (χ1v) is 6.94. The molecule has 2 nitrogen and oxygen atoms in total. The van der Waals surface area contributed by atoms with Gasteiger partial charge in [0.15, 0.2) is 6.29 Å². The van der Waals surface area contributed by atoms with Crippen molar-refractivity contribution in [3.8, 4) is 0 Å². The summed E-state index contributed by atoms with van der Waals surface area (Å²) < 4.78 is 11.3. The first-order chi connectivity index (χ1) is 7.67. The maximum Gasteiger partial charge on any atom is 0.155 e. The van der Waals surface area contributed by atoms with Gasteiger partial charge in [0.1, 0.15) is 0 Å². The van der Waals surface area contributed by atoms with Crippen molar-refractivity contribution in [1.29, 1.82) is 0 Å². The van der Waals surface area contributed by atoms with Crippen LogP contribution in [0.2, 0.25) is 0 Å². The largest absolute Gasteiger partial charge is 0.353 e. The summed E-state index contributed by atoms with van der Waals surface area (Å²) in [6, 6.07) is 0. The third kappa shape index (κ3) is 4.42. The van der Waals surface area contributed by atoms with Crippen LogP contribution in [0.3, 0.4) is 0 Å². The van der Waals surface area contributed by atoms with Crippen LogP contribution in [0.1, 0.15) is 59.8 Å². The van der Waals surface area contributed by atoms with Crippen molar-refractivity contribution in [3.05, 3.63) is 0 Å². The molecule has 0 radical (unpaired) electrons. The van der Waals surface area contributed by atoms with Gasteiger partial charge in [0.25, 0.3) is 0 Å². The van der Waals surface area contributed by atoms with Gasteiger partial charge in [-0.1, -0.05) is 20.3 Å². The van der Waals surface area contributed by atoms with E-state index in [1.54, 1.807) is 0 Å². The van der Waals surface area contributed by atoms with Crippen molar-refractivity contribution in [2.75, 3.05) is 6.61 Å². The molecule has 0 N–H and O–H groups in total. The molecule has 1 saturated carbocycles. The summed E-state index contributed by atoms with van der Waals surface area (Å²) >= 11 is 0. The first-order valence-electron chi connectivity index (χ1n) is 6.94. The van der Waals surface area contributed by atoms with Gasteiger partial charge in [-0.15, -0.1) is 0 Å². The van der Waals surface area contributed by atoms with Gasteiger partial charge in [0, 0.05) is 6.61 Å². The van der Waals surface area contributed by atoms with Crippen LogP contribution in [0, 0.1) is 11.8 Å². The fourth-order valence-electron chi connectivity index (χ4n) is 2.67. The van der Waals surface area contributed by atoms with Gasteiger partial charge in [-0.05, 0) is 51.4 Å². The highest BCUT2D eigenvalue weighted by molar-refractivity contribution is 4.76. The molecule has 1 fully saturated rings. The van der Waals surface area contributed by atoms with Crippen molar-refractivity contribution in [3.63, 3.8) is 0 Å². The van der Waals surface area contributed by atoms with Gasteiger partial charge in [-0.2, -0.15) is 0 Å². The molecular weight excluding hydrogens is 200 g/mol. The average Bonchev–Trinajstić information content (AvgIpc) is 2.29. The maximum atomic E-state index is 5.87. The van der Waals surface area contributed by atoms with Crippen LogP contribution in [0.15, 0.2) is 0 Å². The molecule has 2 heteroatoms. The Hall–Kier alpha value is -0.0800. The minimum Gasteiger partial charge on any atom is -0.353 e. The molecule has 0 amide bonds. The van der Waals surface area contributed by atoms with Crippen molar-refractivity contribution in [2.24, 2.45) is 11.8 Å². The summed E-state index contributed by atoms with van der Waals surface area (Å²) in [7, 11) is 0. The second-order valence-electron chi connectivity index (χ2n) is 5.08. The molecule has 0 bridgehead atoms. The van der Waals surface area contributed by atoms with Crippen LogP contribution in [0.25, 0.3) is 0 Å². The van der Waals surface area contributed by atoms with Crippen LogP contribution in [0.5, 0.6) is 0 Å². The SMILES string of the molecule is CCOC(C)OC1CCC(C(C)CC)CC1. The van der Waals surface area contributed by atoms with E-state index in [4.69, 9.17) is 9.47 Å². The molecule has 1 aliphatic carbocycles. The Morgan fingerprint density at radius 1 is 1.06 bits per heavy atom. The zero-order valence-corrected chi connectivity index (χ0v) is 11.4. The molecule has 2 unspecified atom stereocenters. The van der Waals surface area contributed by atoms with Crippen LogP contribution in [-0.4, -0.2) is 19.0 Å². The Morgan fingerprint density at radius 2 is 1.69 bits per heavy atom. The third-order valence-electron chi connectivity index (χ3n) is 3.95. The van der Waals surface area contributed by atoms with E-state index in [1.807, 2.05) is 13.8 Å². The maximum absolute atomic E-state index is 5.87. The smallest absolute Gasteiger partial charge is 0.155 e. The van der Waals surface area contributed by atoms with Crippen molar-refractivity contribution in [2.45, 2.75) is 72.2 Å². The molecule has 0 aromatic rings. The van der Waals surface area contributed by atoms with Gasteiger partial charge in [0.2, 0.25) is 0 Å². The third-order valence-corrected chi connectivity index (χ3v) is 3.95. The molecule has 16 heavy (non-hydrogen) atoms. The first kappa shape index (κ1) is 14.0. The zero-order valence-electron chi connectivity index (χ0n) is 11.4. The van der Waals surface area contributed by atoms with E-state index in [-0.39, 0.29) is 6.29 Å². The van der Waals surface area contributed by atoms with Crippen molar-refractivity contribution < 1.29 is 9.47 Å². The topological polar surface area (TPSA) is 18.5 Å². The lowest BCUT2D eigenvalue weighted by Gasteiger charge is -2.33. The Balaban J connectivity index is 2.21. The predicted octanol–water partition coefficient (Wildman–Crippen LogP) is 3.99. The van der Waals surface area contributed by atoms with Gasteiger partial charge in [-0.3, -0.25) is 0 Å². The second-order valence-corrected chi connectivity index (χ2v) is 5.08. The Kier molecular flexibility index (Phi) is 6.37. The lowest BCUT2D eigenvalue weighted by molar-refractivity contribution is -0.166. The van der Waals surface area contributed by atoms with E-state index in [9.17, 15) is 0 Å². The lowest BCUT2D eigenvalue weighted by atomic mass is 9.79. The quantitative estimate of drug-likeness (QED) is 0.640. The van der Waals surface area contributed by atoms with E-state index in [0.717, 1.165) is 18.4 Å². The molecular formula is C14H28O2. The second kappa shape index (κ2) is 7.29. The van der Waals surface area contributed by atoms with Crippen LogP contribution >= 0.6 is 0 Å². The van der Waals surface area contributed by atoms with Gasteiger partial charge < -0.3 is 9.47 Å². The molecule has 0 aromatic heterocycles. The van der Waals surface area contributed by atoms with E-state index >= 15 is 0 Å². The zero-order chi connectivity index (χ0) is 12.0. The van der Waals surface area contributed by atoms with E-state index in [1.165, 1.54) is 32.1 Å². The molecule has 1 rings (SSSR count). The predicted molar refractivity (Wildman–Crippen MR) is 67.4 cm³/mol. The Morgan fingerprint density at radius 3 is 2.19 bits per heavy atom. The van der Waals surface area contributed by atoms with Crippen LogP contribution in [0.4, 0.5) is 0 Å². The lowest BCUT2D eigenvalue weighted by Crippen LogP contribution is -2.28. The monoisotopic (exact) mass is 228 g/mol. The minimum absolute atomic E-state index is 0.0323. The fraction of sp³-hybridized carbons (Fsp3) is 1.00. The number of rotatable bonds is 6. The standard InChI is InChI=1S/C14H28O2/c1-5-11(3)13-7-9-14(10-8-13)16-12(4)15-6-2/h11-14H,5-10H2,1-4H3. The Labute approximate surface area is 101 Å². The summed E-state index contributed by atoms with van der Waals surface area (Å²) in [5.74, 6) is 1.80. The summed E-state index contributed by atoms with van der Waals surface area (Å²) in [5.41, 5.74) is 0. The normalized spacial score (nSPS) is 30.0. The highest BCUT2D eigenvalue weighted by Gasteiger charge is 2.25. The number of hydrogen-bond donors (Lipinski definition) is 0. The molecule has 1 aliphatic rings. The molecule has 0 heterocycles. The molecule has 0 spiro atoms. The van der Waals surface area contributed by atoms with E-state index < -0.39 is 0 Å². The van der Waals surface area contributed by atoms with E-state index in [2.05, 4.69) is 13.8 Å². The van der Waals surface area contributed by atoms with E-state index in [0.29, 0.717) is 6.10 Å². The minimum atomic E-state index is -0.0323. The molecule has 96 valence electrons. The van der Waals surface area contributed by atoms with Gasteiger partial charge in [-0.25, -0.2) is 0 Å². The molecule has 0 aromatic carbocycles. The van der Waals surface area contributed by atoms with Gasteiger partial charge >= 0.3 is 0 Å². The molecule has 2 atom stereocenters. The summed E-state index contributed by atoms with van der Waals surface area (Å²) in [5, 5.41) is 0. The van der Waals surface area contributed by atoms with Crippen molar-refractivity contribution >= 4 is 0 Å². The highest BCUT2D eigenvalue weighted by atomic mass is 16.7. The molecule has 0 saturated heterocycles. The Bertz CT molecular complexity index is 174. The number of hydrogen-bond acceptors (Lipinski definition) is 2. The van der Waals surface area contributed by atoms with Gasteiger partial charge in [0.05, 0.1) is 6.10 Å². The average molecular weight is 228 g/mol. The summed E-state index contributed by atoms with van der Waals surface area (Å²) in [4.78, 5) is 0. The van der Waals surface area contributed by atoms with Crippen molar-refractivity contribution in [1.82, 2.24) is 0 Å². The highest BCUT2D eigenvalue weighted by Crippen LogP contribution is 2.33. The fourth-order valence-corrected chi connectivity index (χ4v) is 2.67. The van der Waals surface area contributed by atoms with Crippen LogP contribution in [-0.2, 0) is 9.47 Å². The number of ether oxygens (including phenoxy) is 2. The molecule has 0 aliphatic heterocycles. The summed E-state index contributed by atoms with van der Waals surface area (Å²) in [6.07, 6.45) is 6.80. The summed E-state index contributed by atoms with van der Waals surface area (Å²) in [6.45, 7) is 9.44. The van der Waals surface area contributed by atoms with Crippen LogP contribution < -0.4 is 0 Å².